The van der Waals surface area contributed by atoms with Gasteiger partial charge in [-0.25, -0.2) is 0 Å². The number of rotatable bonds is 16. The van der Waals surface area contributed by atoms with Crippen molar-refractivity contribution < 1.29 is 154 Å². The third-order valence-electron chi connectivity index (χ3n) is 12.4. The summed E-state index contributed by atoms with van der Waals surface area (Å²) < 4.78 is 60.5. The number of aliphatic hydroxyl groups is 20. The summed E-state index contributed by atoms with van der Waals surface area (Å²) in [5.74, 6) is 0. The lowest BCUT2D eigenvalue weighted by atomic mass is 9.95. The quantitative estimate of drug-likeness (QED) is 0.0683. The van der Waals surface area contributed by atoms with Crippen LogP contribution in [0.15, 0.2) is 0 Å². The van der Waals surface area contributed by atoms with Crippen LogP contribution in [0.3, 0.4) is 0 Å². The normalized spacial score (nSPS) is 53.4. The summed E-state index contributed by atoms with van der Waals surface area (Å²) in [5, 5.41) is 210. The van der Waals surface area contributed by atoms with E-state index in [9.17, 15) is 102 Å². The molecule has 0 aliphatic carbocycles. The second-order valence-electron chi connectivity index (χ2n) is 16.8. The molecular formula is C36H62O31. The zero-order chi connectivity index (χ0) is 49.3. The Balaban J connectivity index is 1.10. The van der Waals surface area contributed by atoms with Crippen molar-refractivity contribution in [1.82, 2.24) is 0 Å². The van der Waals surface area contributed by atoms with E-state index in [0.29, 0.717) is 0 Å². The Labute approximate surface area is 378 Å². The van der Waals surface area contributed by atoms with Crippen LogP contribution in [0.1, 0.15) is 0 Å². The van der Waals surface area contributed by atoms with Gasteiger partial charge in [-0.2, -0.15) is 0 Å². The maximum Gasteiger partial charge on any atom is 0.187 e. The standard InChI is InChI=1S/C36H62O31/c37-1-7-13(43)15(45)21(51)32(58-7)64-27-10(4-40)60-34(22(52)17(27)47)65-28-11(5-41)62-35(24(54)19(28)49)67-30-14(44)8(2-38)59-36(25(30)55)66-29-12(6-42)61-33(23(53)18(29)48)63-26-9(3-39)57-31(56)20(50)16(26)46/h7-56H,1-6H2/t7-,8-,9-,10-,11-,12-,13+,14-,15+,16-,17+,18-,19-,20-,21-,22-,23-,24-,25-,26-,27-,28-,29-,30+,31-,32+,33+,34+,35+,36+/m1/s1. The average molecular weight is 991 g/mol. The largest absolute Gasteiger partial charge is 0.394 e. The molecule has 31 nitrogen and oxygen atoms in total. The smallest absolute Gasteiger partial charge is 0.187 e. The molecule has 6 fully saturated rings. The fourth-order valence-electron chi connectivity index (χ4n) is 8.51. The molecule has 6 aliphatic rings. The van der Waals surface area contributed by atoms with Crippen LogP contribution in [-0.4, -0.2) is 326 Å². The summed E-state index contributed by atoms with van der Waals surface area (Å²) in [7, 11) is 0. The van der Waals surface area contributed by atoms with Crippen LogP contribution in [0.4, 0.5) is 0 Å². The highest BCUT2D eigenvalue weighted by atomic mass is 16.8. The molecule has 30 atom stereocenters. The third-order valence-corrected chi connectivity index (χ3v) is 12.4. The SMILES string of the molecule is OC[C@H]1O[C@@H](O[C@H]2[C@@H](O)[C@@H](O)[C@H](O[C@H]3[C@H](O)[C@@H](O)[C@H](O[C@@H]4[C@@H](O)[C@H](O[C@H]5[C@H](O)[C@@H](O)[C@H](O[C@H]6[C@H](O)[C@@H](O)[C@H](O)O[C@@H]6CO)O[C@@H]5CO)O[C@H](CO)[C@H]4O)O[C@@H]3CO)O[C@@H]2CO)[C@H](O)[C@@H](O)[C@H]1O. The van der Waals surface area contributed by atoms with Gasteiger partial charge in [0.05, 0.1) is 39.6 Å². The summed E-state index contributed by atoms with van der Waals surface area (Å²) in [5.41, 5.74) is 0. The molecule has 0 amide bonds. The van der Waals surface area contributed by atoms with Gasteiger partial charge in [-0.3, -0.25) is 0 Å². The molecule has 6 saturated heterocycles. The number of aliphatic hydroxyl groups excluding tert-OH is 20. The first kappa shape index (κ1) is 55.1. The lowest BCUT2D eigenvalue weighted by Gasteiger charge is -2.50. The molecule has 0 radical (unpaired) electrons. The molecule has 20 N–H and O–H groups in total. The molecule has 0 aromatic heterocycles. The van der Waals surface area contributed by atoms with Crippen LogP contribution in [-0.2, 0) is 52.1 Å². The molecule has 31 heteroatoms. The predicted molar refractivity (Wildman–Crippen MR) is 199 cm³/mol. The maximum atomic E-state index is 11.4. The Kier molecular flexibility index (Phi) is 19.4. The lowest BCUT2D eigenvalue weighted by molar-refractivity contribution is -0.396. The van der Waals surface area contributed by atoms with Gasteiger partial charge in [-0.05, 0) is 0 Å². The molecule has 0 unspecified atom stereocenters. The second kappa shape index (κ2) is 23.5. The van der Waals surface area contributed by atoms with Crippen molar-refractivity contribution in [3.8, 4) is 0 Å². The summed E-state index contributed by atoms with van der Waals surface area (Å²) in [4.78, 5) is 0. The van der Waals surface area contributed by atoms with Crippen LogP contribution in [0.25, 0.3) is 0 Å². The topological polar surface area (TPSA) is 506 Å². The number of ether oxygens (including phenoxy) is 11. The van der Waals surface area contributed by atoms with Gasteiger partial charge in [0.25, 0.3) is 0 Å². The Morgan fingerprint density at radius 3 is 0.821 bits per heavy atom. The van der Waals surface area contributed by atoms with Crippen molar-refractivity contribution >= 4 is 0 Å². The van der Waals surface area contributed by atoms with E-state index in [-0.39, 0.29) is 0 Å². The Bertz CT molecular complexity index is 1500. The third kappa shape index (κ3) is 11.2. The van der Waals surface area contributed by atoms with Crippen molar-refractivity contribution in [3.05, 3.63) is 0 Å². The van der Waals surface area contributed by atoms with Crippen LogP contribution in [0.2, 0.25) is 0 Å². The Morgan fingerprint density at radius 1 is 0.224 bits per heavy atom. The minimum Gasteiger partial charge on any atom is -0.394 e. The van der Waals surface area contributed by atoms with Gasteiger partial charge in [0, 0.05) is 0 Å². The molecule has 392 valence electrons. The van der Waals surface area contributed by atoms with Gasteiger partial charge >= 0.3 is 0 Å². The highest BCUT2D eigenvalue weighted by molar-refractivity contribution is 5.00. The van der Waals surface area contributed by atoms with E-state index >= 15 is 0 Å². The zero-order valence-corrected chi connectivity index (χ0v) is 35.0. The molecule has 0 aromatic rings. The fraction of sp³-hybridized carbons (Fsp3) is 1.00. The van der Waals surface area contributed by atoms with Gasteiger partial charge in [0.15, 0.2) is 37.7 Å². The Hall–Kier alpha value is -1.24. The van der Waals surface area contributed by atoms with Gasteiger partial charge < -0.3 is 154 Å². The fourth-order valence-corrected chi connectivity index (χ4v) is 8.51. The van der Waals surface area contributed by atoms with Gasteiger partial charge in [0.2, 0.25) is 0 Å². The first-order chi connectivity index (χ1) is 31.8. The Morgan fingerprint density at radius 2 is 0.478 bits per heavy atom. The second-order valence-corrected chi connectivity index (χ2v) is 16.8. The highest BCUT2D eigenvalue weighted by Gasteiger charge is 2.57. The molecule has 0 aromatic carbocycles. The first-order valence-corrected chi connectivity index (χ1v) is 21.1. The number of hydrogen-bond acceptors (Lipinski definition) is 31. The summed E-state index contributed by atoms with van der Waals surface area (Å²) in [6.07, 6.45) is -57.0. The van der Waals surface area contributed by atoms with Crippen molar-refractivity contribution in [1.29, 1.82) is 0 Å². The zero-order valence-electron chi connectivity index (χ0n) is 35.0. The van der Waals surface area contributed by atoms with E-state index < -0.39 is 224 Å². The molecule has 67 heavy (non-hydrogen) atoms. The van der Waals surface area contributed by atoms with Gasteiger partial charge in [-0.15, -0.1) is 0 Å². The van der Waals surface area contributed by atoms with E-state index in [2.05, 4.69) is 0 Å². The molecule has 0 bridgehead atoms. The van der Waals surface area contributed by atoms with Crippen LogP contribution < -0.4 is 0 Å². The predicted octanol–water partition coefficient (Wildman–Crippen LogP) is -14.1. The van der Waals surface area contributed by atoms with Gasteiger partial charge in [0.1, 0.15) is 146 Å². The lowest BCUT2D eigenvalue weighted by Crippen LogP contribution is -2.68. The van der Waals surface area contributed by atoms with E-state index in [4.69, 9.17) is 52.1 Å². The molecular weight excluding hydrogens is 928 g/mol. The van der Waals surface area contributed by atoms with Crippen LogP contribution in [0.5, 0.6) is 0 Å². The molecule has 6 rings (SSSR count). The molecule has 6 heterocycles. The molecule has 0 saturated carbocycles. The van der Waals surface area contributed by atoms with Crippen molar-refractivity contribution in [2.24, 2.45) is 0 Å². The maximum absolute atomic E-state index is 11.4. The highest BCUT2D eigenvalue weighted by Crippen LogP contribution is 2.36. The van der Waals surface area contributed by atoms with E-state index in [1.54, 1.807) is 0 Å². The first-order valence-electron chi connectivity index (χ1n) is 21.1. The van der Waals surface area contributed by atoms with E-state index in [1.807, 2.05) is 0 Å². The van der Waals surface area contributed by atoms with Crippen molar-refractivity contribution in [2.45, 2.75) is 184 Å². The van der Waals surface area contributed by atoms with E-state index in [0.717, 1.165) is 0 Å². The summed E-state index contributed by atoms with van der Waals surface area (Å²) in [6, 6.07) is 0. The van der Waals surface area contributed by atoms with Gasteiger partial charge in [-0.1, -0.05) is 0 Å². The van der Waals surface area contributed by atoms with Crippen LogP contribution in [0, 0.1) is 0 Å². The molecule has 6 aliphatic heterocycles. The monoisotopic (exact) mass is 990 g/mol. The minimum atomic E-state index is -2.22. The van der Waals surface area contributed by atoms with Crippen LogP contribution >= 0.6 is 0 Å². The van der Waals surface area contributed by atoms with Crippen molar-refractivity contribution in [2.75, 3.05) is 39.6 Å². The average Bonchev–Trinajstić information content (AvgIpc) is 3.32. The number of hydrogen-bond donors (Lipinski definition) is 20. The van der Waals surface area contributed by atoms with E-state index in [1.165, 1.54) is 0 Å². The summed E-state index contributed by atoms with van der Waals surface area (Å²) >= 11 is 0. The minimum absolute atomic E-state index is 0.834. The van der Waals surface area contributed by atoms with Crippen molar-refractivity contribution in [3.63, 3.8) is 0 Å². The summed E-state index contributed by atoms with van der Waals surface area (Å²) in [6.45, 7) is -5.71. The molecule has 0 spiro atoms.